The molecule has 0 aliphatic carbocycles. The summed E-state index contributed by atoms with van der Waals surface area (Å²) in [5.41, 5.74) is 1.86. The third-order valence-electron chi connectivity index (χ3n) is 3.71. The Kier molecular flexibility index (Phi) is 4.67. The standard InChI is InChI=1S/C20H16O4S/c1-15(21)16-11-13-18(14-12-16)24-25(22,23)20-10-6-5-9-19(20)17-7-3-2-4-8-17/h2-14H,1H3. The molecule has 4 nitrogen and oxygen atoms in total. The number of Topliss-reactive ketones (excluding diaryl/α,β-unsaturated/α-hetero) is 1. The van der Waals surface area contributed by atoms with Gasteiger partial charge in [-0.05, 0) is 42.8 Å². The molecule has 0 atom stereocenters. The van der Waals surface area contributed by atoms with Crippen molar-refractivity contribution in [1.82, 2.24) is 0 Å². The molecule has 0 N–H and O–H groups in total. The normalized spacial score (nSPS) is 11.1. The summed E-state index contributed by atoms with van der Waals surface area (Å²) in [5.74, 6) is 0.0664. The van der Waals surface area contributed by atoms with Crippen molar-refractivity contribution in [3.05, 3.63) is 84.4 Å². The molecule has 0 aromatic heterocycles. The minimum absolute atomic E-state index is 0.0937. The molecule has 0 bridgehead atoms. The van der Waals surface area contributed by atoms with Crippen molar-refractivity contribution < 1.29 is 17.4 Å². The van der Waals surface area contributed by atoms with E-state index in [0.717, 1.165) is 5.56 Å². The third kappa shape index (κ3) is 3.78. The fourth-order valence-electron chi connectivity index (χ4n) is 2.46. The molecule has 0 aliphatic rings. The molecule has 3 aromatic rings. The van der Waals surface area contributed by atoms with Crippen LogP contribution in [-0.2, 0) is 10.1 Å². The first-order valence-electron chi connectivity index (χ1n) is 7.67. The van der Waals surface area contributed by atoms with E-state index in [9.17, 15) is 13.2 Å². The van der Waals surface area contributed by atoms with E-state index in [0.29, 0.717) is 11.1 Å². The van der Waals surface area contributed by atoms with E-state index in [4.69, 9.17) is 4.18 Å². The monoisotopic (exact) mass is 352 g/mol. The molecule has 3 rings (SSSR count). The Morgan fingerprint density at radius 1 is 0.800 bits per heavy atom. The molecule has 0 amide bonds. The molecule has 0 heterocycles. The van der Waals surface area contributed by atoms with Gasteiger partial charge in [-0.15, -0.1) is 0 Å². The van der Waals surface area contributed by atoms with Gasteiger partial charge in [-0.2, -0.15) is 8.42 Å². The summed E-state index contributed by atoms with van der Waals surface area (Å²) in [4.78, 5) is 11.4. The lowest BCUT2D eigenvalue weighted by molar-refractivity contribution is 0.101. The van der Waals surface area contributed by atoms with Crippen molar-refractivity contribution in [3.63, 3.8) is 0 Å². The van der Waals surface area contributed by atoms with E-state index < -0.39 is 10.1 Å². The molecule has 25 heavy (non-hydrogen) atoms. The summed E-state index contributed by atoms with van der Waals surface area (Å²) >= 11 is 0. The van der Waals surface area contributed by atoms with Crippen molar-refractivity contribution in [2.24, 2.45) is 0 Å². The summed E-state index contributed by atoms with van der Waals surface area (Å²) in [6.07, 6.45) is 0. The van der Waals surface area contributed by atoms with Crippen LogP contribution in [0.3, 0.4) is 0 Å². The van der Waals surface area contributed by atoms with Gasteiger partial charge in [-0.25, -0.2) is 0 Å². The van der Waals surface area contributed by atoms with Crippen LogP contribution in [-0.4, -0.2) is 14.2 Å². The Morgan fingerprint density at radius 3 is 2.04 bits per heavy atom. The van der Waals surface area contributed by atoms with Gasteiger partial charge >= 0.3 is 10.1 Å². The van der Waals surface area contributed by atoms with Crippen LogP contribution < -0.4 is 4.18 Å². The van der Waals surface area contributed by atoms with Crippen molar-refractivity contribution in [2.45, 2.75) is 11.8 Å². The number of hydrogen-bond donors (Lipinski definition) is 0. The largest absolute Gasteiger partial charge is 0.379 e. The van der Waals surface area contributed by atoms with Gasteiger partial charge in [-0.3, -0.25) is 4.79 Å². The number of rotatable bonds is 5. The van der Waals surface area contributed by atoms with Gasteiger partial charge in [0.15, 0.2) is 5.78 Å². The summed E-state index contributed by atoms with van der Waals surface area (Å²) in [7, 11) is -4.01. The highest BCUT2D eigenvalue weighted by Gasteiger charge is 2.21. The lowest BCUT2D eigenvalue weighted by atomic mass is 10.1. The van der Waals surface area contributed by atoms with Crippen LogP contribution in [0.15, 0.2) is 83.8 Å². The predicted molar refractivity (Wildman–Crippen MR) is 96.1 cm³/mol. The molecular formula is C20H16O4S. The van der Waals surface area contributed by atoms with Crippen LogP contribution in [0.2, 0.25) is 0 Å². The molecule has 0 radical (unpaired) electrons. The van der Waals surface area contributed by atoms with Gasteiger partial charge in [0, 0.05) is 11.1 Å². The summed E-state index contributed by atoms with van der Waals surface area (Å²) in [6, 6.07) is 22.0. The van der Waals surface area contributed by atoms with E-state index in [-0.39, 0.29) is 16.4 Å². The second kappa shape index (κ2) is 6.91. The maximum Gasteiger partial charge on any atom is 0.339 e. The molecule has 3 aromatic carbocycles. The smallest absolute Gasteiger partial charge is 0.339 e. The number of hydrogen-bond acceptors (Lipinski definition) is 4. The van der Waals surface area contributed by atoms with Crippen molar-refractivity contribution in [3.8, 4) is 16.9 Å². The highest BCUT2D eigenvalue weighted by molar-refractivity contribution is 7.87. The van der Waals surface area contributed by atoms with Gasteiger partial charge in [-0.1, -0.05) is 48.5 Å². The van der Waals surface area contributed by atoms with E-state index >= 15 is 0 Å². The molecule has 0 unspecified atom stereocenters. The molecule has 0 spiro atoms. The SMILES string of the molecule is CC(=O)c1ccc(OS(=O)(=O)c2ccccc2-c2ccccc2)cc1. The summed E-state index contributed by atoms with van der Waals surface area (Å²) < 4.78 is 30.7. The highest BCUT2D eigenvalue weighted by atomic mass is 32.2. The summed E-state index contributed by atoms with van der Waals surface area (Å²) in [5, 5.41) is 0. The quantitative estimate of drug-likeness (QED) is 0.507. The van der Waals surface area contributed by atoms with Crippen LogP contribution in [0.1, 0.15) is 17.3 Å². The minimum Gasteiger partial charge on any atom is -0.379 e. The Hall–Kier alpha value is -2.92. The highest BCUT2D eigenvalue weighted by Crippen LogP contribution is 2.29. The van der Waals surface area contributed by atoms with E-state index in [1.54, 1.807) is 18.2 Å². The Bertz CT molecular complexity index is 991. The molecule has 0 aliphatic heterocycles. The Labute approximate surface area is 146 Å². The molecule has 0 saturated carbocycles. The zero-order valence-corrected chi connectivity index (χ0v) is 14.4. The van der Waals surface area contributed by atoms with Crippen molar-refractivity contribution in [2.75, 3.05) is 0 Å². The predicted octanol–water partition coefficient (Wildman–Crippen LogP) is 4.32. The molecule has 0 saturated heterocycles. The van der Waals surface area contributed by atoms with Gasteiger partial charge in [0.05, 0.1) is 0 Å². The second-order valence-corrected chi connectivity index (χ2v) is 6.99. The van der Waals surface area contributed by atoms with Crippen LogP contribution in [0, 0.1) is 0 Å². The second-order valence-electron chi connectivity index (χ2n) is 5.48. The summed E-state index contributed by atoms with van der Waals surface area (Å²) in [6.45, 7) is 1.45. The van der Waals surface area contributed by atoms with Crippen LogP contribution >= 0.6 is 0 Å². The van der Waals surface area contributed by atoms with Gasteiger partial charge < -0.3 is 4.18 Å². The fraction of sp³-hybridized carbons (Fsp3) is 0.0500. The number of carbonyl (C=O) groups excluding carboxylic acids is 1. The van der Waals surface area contributed by atoms with Crippen molar-refractivity contribution >= 4 is 15.9 Å². The maximum atomic E-state index is 12.7. The number of benzene rings is 3. The maximum absolute atomic E-state index is 12.7. The Morgan fingerprint density at radius 2 is 1.40 bits per heavy atom. The number of carbonyl (C=O) groups is 1. The molecule has 0 fully saturated rings. The zero-order chi connectivity index (χ0) is 17.9. The van der Waals surface area contributed by atoms with Gasteiger partial charge in [0.25, 0.3) is 0 Å². The first-order chi connectivity index (χ1) is 12.0. The van der Waals surface area contributed by atoms with E-state index in [2.05, 4.69) is 0 Å². The topological polar surface area (TPSA) is 60.4 Å². The van der Waals surface area contributed by atoms with E-state index in [1.165, 1.54) is 37.3 Å². The van der Waals surface area contributed by atoms with Crippen LogP contribution in [0.25, 0.3) is 11.1 Å². The minimum atomic E-state index is -4.01. The average Bonchev–Trinajstić information content (AvgIpc) is 2.62. The van der Waals surface area contributed by atoms with Gasteiger partial charge in [0.1, 0.15) is 10.6 Å². The first kappa shape index (κ1) is 16.9. The Balaban J connectivity index is 1.97. The first-order valence-corrected chi connectivity index (χ1v) is 9.08. The average molecular weight is 352 g/mol. The lowest BCUT2D eigenvalue weighted by Crippen LogP contribution is -2.11. The van der Waals surface area contributed by atoms with Crippen LogP contribution in [0.4, 0.5) is 0 Å². The van der Waals surface area contributed by atoms with Gasteiger partial charge in [0.2, 0.25) is 0 Å². The molecular weight excluding hydrogens is 336 g/mol. The fourth-order valence-corrected chi connectivity index (χ4v) is 3.61. The molecule has 5 heteroatoms. The molecule has 126 valence electrons. The number of ketones is 1. The lowest BCUT2D eigenvalue weighted by Gasteiger charge is -2.11. The van der Waals surface area contributed by atoms with Crippen LogP contribution in [0.5, 0.6) is 5.75 Å². The zero-order valence-electron chi connectivity index (χ0n) is 13.5. The van der Waals surface area contributed by atoms with E-state index in [1.807, 2.05) is 30.3 Å². The third-order valence-corrected chi connectivity index (χ3v) is 5.01. The van der Waals surface area contributed by atoms with Crippen molar-refractivity contribution in [1.29, 1.82) is 0 Å².